The zero-order valence-corrected chi connectivity index (χ0v) is 12.1. The number of benzene rings is 1. The summed E-state index contributed by atoms with van der Waals surface area (Å²) in [5, 5.41) is 5.55. The molecule has 0 aliphatic heterocycles. The van der Waals surface area contributed by atoms with E-state index >= 15 is 0 Å². The Morgan fingerprint density at radius 3 is 2.52 bits per heavy atom. The molecule has 21 heavy (non-hydrogen) atoms. The van der Waals surface area contributed by atoms with Crippen LogP contribution in [0, 0.1) is 5.82 Å². The SMILES string of the molecule is CC(=O)N(CCNC(=O)NC1CC1)Cc1ccc(F)cc1. The molecule has 1 aromatic rings. The number of hydrogen-bond donors (Lipinski definition) is 2. The molecule has 2 rings (SSSR count). The number of rotatable bonds is 6. The van der Waals surface area contributed by atoms with Gasteiger partial charge in [0.1, 0.15) is 5.82 Å². The third-order valence-corrected chi connectivity index (χ3v) is 3.31. The van der Waals surface area contributed by atoms with Crippen molar-refractivity contribution >= 4 is 11.9 Å². The van der Waals surface area contributed by atoms with Crippen molar-refractivity contribution in [3.05, 3.63) is 35.6 Å². The summed E-state index contributed by atoms with van der Waals surface area (Å²) in [4.78, 5) is 24.7. The third-order valence-electron chi connectivity index (χ3n) is 3.31. The molecule has 2 N–H and O–H groups in total. The number of nitrogens with one attached hydrogen (secondary N) is 2. The van der Waals surface area contributed by atoms with Crippen LogP contribution in [-0.4, -0.2) is 36.0 Å². The summed E-state index contributed by atoms with van der Waals surface area (Å²) < 4.78 is 12.8. The van der Waals surface area contributed by atoms with E-state index in [1.807, 2.05) is 0 Å². The van der Waals surface area contributed by atoms with Crippen LogP contribution in [0.4, 0.5) is 9.18 Å². The zero-order chi connectivity index (χ0) is 15.2. The minimum atomic E-state index is -0.300. The molecule has 1 saturated carbocycles. The molecule has 5 nitrogen and oxygen atoms in total. The first-order valence-electron chi connectivity index (χ1n) is 7.09. The van der Waals surface area contributed by atoms with E-state index in [9.17, 15) is 14.0 Å². The van der Waals surface area contributed by atoms with Crippen molar-refractivity contribution in [2.45, 2.75) is 32.4 Å². The van der Waals surface area contributed by atoms with Crippen LogP contribution in [0.2, 0.25) is 0 Å². The number of halogens is 1. The lowest BCUT2D eigenvalue weighted by atomic mass is 10.2. The maximum Gasteiger partial charge on any atom is 0.315 e. The lowest BCUT2D eigenvalue weighted by Gasteiger charge is -2.21. The molecule has 0 unspecified atom stereocenters. The second-order valence-electron chi connectivity index (χ2n) is 5.24. The predicted molar refractivity (Wildman–Crippen MR) is 77.0 cm³/mol. The molecule has 1 aliphatic carbocycles. The summed E-state index contributed by atoms with van der Waals surface area (Å²) in [5.74, 6) is -0.379. The molecule has 114 valence electrons. The Labute approximate surface area is 123 Å². The van der Waals surface area contributed by atoms with Crippen molar-refractivity contribution in [3.63, 3.8) is 0 Å². The highest BCUT2D eigenvalue weighted by atomic mass is 19.1. The maximum absolute atomic E-state index is 12.8. The van der Waals surface area contributed by atoms with Gasteiger partial charge < -0.3 is 15.5 Å². The molecule has 0 bridgehead atoms. The summed E-state index contributed by atoms with van der Waals surface area (Å²) in [6.07, 6.45) is 2.08. The van der Waals surface area contributed by atoms with Gasteiger partial charge in [-0.1, -0.05) is 12.1 Å². The third kappa shape index (κ3) is 5.41. The molecule has 0 heterocycles. The van der Waals surface area contributed by atoms with Gasteiger partial charge in [0.15, 0.2) is 0 Å². The fraction of sp³-hybridized carbons (Fsp3) is 0.467. The normalized spacial score (nSPS) is 13.6. The lowest BCUT2D eigenvalue weighted by Crippen LogP contribution is -2.42. The Kier molecular flexibility index (Phi) is 5.14. The van der Waals surface area contributed by atoms with Gasteiger partial charge in [-0.3, -0.25) is 4.79 Å². The van der Waals surface area contributed by atoms with Gasteiger partial charge in [-0.15, -0.1) is 0 Å². The van der Waals surface area contributed by atoms with Gasteiger partial charge in [0.2, 0.25) is 5.91 Å². The Balaban J connectivity index is 1.77. The Morgan fingerprint density at radius 2 is 1.95 bits per heavy atom. The fourth-order valence-electron chi connectivity index (χ4n) is 1.93. The van der Waals surface area contributed by atoms with Crippen molar-refractivity contribution in [3.8, 4) is 0 Å². The largest absolute Gasteiger partial charge is 0.337 e. The average molecular weight is 293 g/mol. The molecular formula is C15H20FN3O2. The number of carbonyl (C=O) groups excluding carboxylic acids is 2. The number of hydrogen-bond acceptors (Lipinski definition) is 2. The first-order valence-corrected chi connectivity index (χ1v) is 7.09. The van der Waals surface area contributed by atoms with Gasteiger partial charge in [0.25, 0.3) is 0 Å². The number of nitrogens with zero attached hydrogens (tertiary/aromatic N) is 1. The molecule has 1 aliphatic rings. The lowest BCUT2D eigenvalue weighted by molar-refractivity contribution is -0.129. The predicted octanol–water partition coefficient (Wildman–Crippen LogP) is 1.64. The van der Waals surface area contributed by atoms with Crippen molar-refractivity contribution in [2.24, 2.45) is 0 Å². The van der Waals surface area contributed by atoms with E-state index in [4.69, 9.17) is 0 Å². The van der Waals surface area contributed by atoms with Gasteiger partial charge in [-0.2, -0.15) is 0 Å². The minimum absolute atomic E-state index is 0.0799. The van der Waals surface area contributed by atoms with E-state index in [0.29, 0.717) is 25.7 Å². The second kappa shape index (κ2) is 7.06. The smallest absolute Gasteiger partial charge is 0.315 e. The van der Waals surface area contributed by atoms with Gasteiger partial charge in [0.05, 0.1) is 0 Å². The molecule has 0 atom stereocenters. The van der Waals surface area contributed by atoms with Crippen molar-refractivity contribution < 1.29 is 14.0 Å². The summed E-state index contributed by atoms with van der Waals surface area (Å²) >= 11 is 0. The van der Waals surface area contributed by atoms with Crippen LogP contribution in [0.3, 0.4) is 0 Å². The summed E-state index contributed by atoms with van der Waals surface area (Å²) in [7, 11) is 0. The van der Waals surface area contributed by atoms with E-state index in [2.05, 4.69) is 10.6 Å². The number of amides is 3. The molecule has 0 radical (unpaired) electrons. The fourth-order valence-corrected chi connectivity index (χ4v) is 1.93. The Morgan fingerprint density at radius 1 is 1.29 bits per heavy atom. The monoisotopic (exact) mass is 293 g/mol. The van der Waals surface area contributed by atoms with Crippen LogP contribution in [0.25, 0.3) is 0 Å². The van der Waals surface area contributed by atoms with Crippen molar-refractivity contribution in [1.82, 2.24) is 15.5 Å². The van der Waals surface area contributed by atoms with Gasteiger partial charge >= 0.3 is 6.03 Å². The highest BCUT2D eigenvalue weighted by Gasteiger charge is 2.23. The molecular weight excluding hydrogens is 273 g/mol. The highest BCUT2D eigenvalue weighted by molar-refractivity contribution is 5.75. The maximum atomic E-state index is 12.8. The summed E-state index contributed by atoms with van der Waals surface area (Å²) in [6, 6.07) is 6.16. The van der Waals surface area contributed by atoms with Crippen LogP contribution in [-0.2, 0) is 11.3 Å². The number of urea groups is 1. The summed E-state index contributed by atoms with van der Waals surface area (Å²) in [6.45, 7) is 2.69. The van der Waals surface area contributed by atoms with Crippen LogP contribution >= 0.6 is 0 Å². The van der Waals surface area contributed by atoms with E-state index < -0.39 is 0 Å². The molecule has 0 spiro atoms. The van der Waals surface area contributed by atoms with Crippen LogP contribution in [0.1, 0.15) is 25.3 Å². The van der Waals surface area contributed by atoms with E-state index in [1.54, 1.807) is 17.0 Å². The van der Waals surface area contributed by atoms with Crippen LogP contribution < -0.4 is 10.6 Å². The van der Waals surface area contributed by atoms with Gasteiger partial charge in [0, 0.05) is 32.6 Å². The molecule has 1 aromatic carbocycles. The quantitative estimate of drug-likeness (QED) is 0.837. The Bertz CT molecular complexity index is 500. The zero-order valence-electron chi connectivity index (χ0n) is 12.1. The van der Waals surface area contributed by atoms with Gasteiger partial charge in [-0.05, 0) is 30.5 Å². The van der Waals surface area contributed by atoms with Crippen molar-refractivity contribution in [2.75, 3.05) is 13.1 Å². The van der Waals surface area contributed by atoms with E-state index in [0.717, 1.165) is 18.4 Å². The minimum Gasteiger partial charge on any atom is -0.337 e. The van der Waals surface area contributed by atoms with Crippen molar-refractivity contribution in [1.29, 1.82) is 0 Å². The topological polar surface area (TPSA) is 61.4 Å². The first kappa shape index (κ1) is 15.3. The van der Waals surface area contributed by atoms with Crippen LogP contribution in [0.5, 0.6) is 0 Å². The number of carbonyl (C=O) groups is 2. The van der Waals surface area contributed by atoms with Crippen LogP contribution in [0.15, 0.2) is 24.3 Å². The average Bonchev–Trinajstić information content (AvgIpc) is 3.23. The second-order valence-corrected chi connectivity index (χ2v) is 5.24. The highest BCUT2D eigenvalue weighted by Crippen LogP contribution is 2.18. The molecule has 6 heteroatoms. The molecule has 1 fully saturated rings. The molecule has 0 saturated heterocycles. The summed E-state index contributed by atoms with van der Waals surface area (Å²) in [5.41, 5.74) is 0.856. The van der Waals surface area contributed by atoms with E-state index in [1.165, 1.54) is 19.1 Å². The Hall–Kier alpha value is -2.11. The first-order chi connectivity index (χ1) is 10.0. The molecule has 0 aromatic heterocycles. The standard InChI is InChI=1S/C15H20FN3O2/c1-11(20)19(10-12-2-4-13(16)5-3-12)9-8-17-15(21)18-14-6-7-14/h2-5,14H,6-10H2,1H3,(H2,17,18,21). The van der Waals surface area contributed by atoms with E-state index in [-0.39, 0.29) is 17.8 Å². The molecule has 3 amide bonds. The van der Waals surface area contributed by atoms with Gasteiger partial charge in [-0.25, -0.2) is 9.18 Å².